The molecule has 0 radical (unpaired) electrons. The van der Waals surface area contributed by atoms with Crippen LogP contribution in [0.25, 0.3) is 0 Å². The fourth-order valence-electron chi connectivity index (χ4n) is 3.00. The summed E-state index contributed by atoms with van der Waals surface area (Å²) in [6.07, 6.45) is 9.31. The molecule has 1 aromatic rings. The van der Waals surface area contributed by atoms with Crippen LogP contribution in [0.15, 0.2) is 17.4 Å². The summed E-state index contributed by atoms with van der Waals surface area (Å²) >= 11 is 0. The molecule has 0 saturated heterocycles. The molecular formula is C15H24N4O. The van der Waals surface area contributed by atoms with Crippen molar-refractivity contribution in [2.75, 3.05) is 11.9 Å². The highest BCUT2D eigenvalue weighted by Gasteiger charge is 2.22. The van der Waals surface area contributed by atoms with Gasteiger partial charge in [-0.15, -0.1) is 0 Å². The number of aryl methyl sites for hydroxylation is 1. The van der Waals surface area contributed by atoms with Crippen LogP contribution in [0.3, 0.4) is 0 Å². The van der Waals surface area contributed by atoms with E-state index >= 15 is 0 Å². The van der Waals surface area contributed by atoms with Gasteiger partial charge in [0.05, 0.1) is 5.56 Å². The molecular weight excluding hydrogens is 252 g/mol. The second-order valence-electron chi connectivity index (χ2n) is 5.57. The average molecular weight is 276 g/mol. The fraction of sp³-hybridized carbons (Fsp3) is 0.600. The third kappa shape index (κ3) is 3.03. The molecule has 1 saturated carbocycles. The van der Waals surface area contributed by atoms with Crippen LogP contribution in [0.5, 0.6) is 0 Å². The first-order valence-electron chi connectivity index (χ1n) is 7.31. The van der Waals surface area contributed by atoms with Gasteiger partial charge in [-0.05, 0) is 31.4 Å². The highest BCUT2D eigenvalue weighted by Crippen LogP contribution is 2.27. The third-order valence-corrected chi connectivity index (χ3v) is 4.21. The molecule has 5 nitrogen and oxygen atoms in total. The van der Waals surface area contributed by atoms with Crippen molar-refractivity contribution in [3.05, 3.63) is 23.4 Å². The molecule has 0 spiro atoms. The number of amidine groups is 1. The summed E-state index contributed by atoms with van der Waals surface area (Å²) in [5.41, 5.74) is 7.54. The van der Waals surface area contributed by atoms with E-state index in [-0.39, 0.29) is 5.84 Å². The number of anilines is 1. The zero-order valence-electron chi connectivity index (χ0n) is 12.3. The number of hydrogen-bond acceptors (Lipinski definition) is 4. The summed E-state index contributed by atoms with van der Waals surface area (Å²) in [6, 6.07) is 2.37. The SMILES string of the molecule is Cc1ccnc(N(C)C2CCCCCC2)c1/C(N)=N/O. The van der Waals surface area contributed by atoms with Crippen molar-refractivity contribution in [1.29, 1.82) is 0 Å². The van der Waals surface area contributed by atoms with E-state index in [1.54, 1.807) is 6.20 Å². The number of nitrogens with two attached hydrogens (primary N) is 1. The zero-order chi connectivity index (χ0) is 14.5. The molecule has 20 heavy (non-hydrogen) atoms. The van der Waals surface area contributed by atoms with Gasteiger partial charge in [0.25, 0.3) is 0 Å². The molecule has 1 aromatic heterocycles. The van der Waals surface area contributed by atoms with Gasteiger partial charge in [0, 0.05) is 19.3 Å². The standard InChI is InChI=1S/C15H24N4O/c1-11-9-10-17-15(13(11)14(16)18-20)19(2)12-7-5-3-4-6-8-12/h9-10,12,20H,3-8H2,1-2H3,(H2,16,18). The largest absolute Gasteiger partial charge is 0.409 e. The molecule has 0 bridgehead atoms. The van der Waals surface area contributed by atoms with Crippen LogP contribution in [0.1, 0.15) is 49.7 Å². The molecule has 0 unspecified atom stereocenters. The summed E-state index contributed by atoms with van der Waals surface area (Å²) in [4.78, 5) is 6.67. The minimum Gasteiger partial charge on any atom is -0.409 e. The van der Waals surface area contributed by atoms with Crippen LogP contribution in [-0.4, -0.2) is 29.1 Å². The van der Waals surface area contributed by atoms with Gasteiger partial charge >= 0.3 is 0 Å². The van der Waals surface area contributed by atoms with E-state index in [1.807, 2.05) is 13.0 Å². The van der Waals surface area contributed by atoms with Gasteiger partial charge in [0.2, 0.25) is 0 Å². The van der Waals surface area contributed by atoms with E-state index in [2.05, 4.69) is 22.1 Å². The van der Waals surface area contributed by atoms with Gasteiger partial charge in [-0.2, -0.15) is 0 Å². The number of nitrogens with zero attached hydrogens (tertiary/aromatic N) is 3. The topological polar surface area (TPSA) is 74.7 Å². The minimum absolute atomic E-state index is 0.131. The summed E-state index contributed by atoms with van der Waals surface area (Å²) in [5.74, 6) is 0.943. The number of hydrogen-bond donors (Lipinski definition) is 2. The lowest BCUT2D eigenvalue weighted by Gasteiger charge is -2.30. The lowest BCUT2D eigenvalue weighted by molar-refractivity contribution is 0.318. The maximum absolute atomic E-state index is 8.99. The van der Waals surface area contributed by atoms with E-state index in [4.69, 9.17) is 10.9 Å². The predicted octanol–water partition coefficient (Wildman–Crippen LogP) is 2.64. The van der Waals surface area contributed by atoms with Crippen molar-refractivity contribution >= 4 is 11.7 Å². The maximum Gasteiger partial charge on any atom is 0.174 e. The Balaban J connectivity index is 2.33. The second kappa shape index (κ2) is 6.59. The molecule has 5 heteroatoms. The van der Waals surface area contributed by atoms with Crippen LogP contribution in [0.2, 0.25) is 0 Å². The first-order chi connectivity index (χ1) is 9.65. The fourth-order valence-corrected chi connectivity index (χ4v) is 3.00. The van der Waals surface area contributed by atoms with E-state index in [0.717, 1.165) is 16.9 Å². The van der Waals surface area contributed by atoms with Gasteiger partial charge in [0.1, 0.15) is 5.82 Å². The zero-order valence-corrected chi connectivity index (χ0v) is 12.3. The highest BCUT2D eigenvalue weighted by molar-refractivity contribution is 6.02. The minimum atomic E-state index is 0.131. The molecule has 1 aliphatic rings. The van der Waals surface area contributed by atoms with Crippen LogP contribution in [0.4, 0.5) is 5.82 Å². The highest BCUT2D eigenvalue weighted by atomic mass is 16.4. The molecule has 1 fully saturated rings. The Morgan fingerprint density at radius 3 is 2.60 bits per heavy atom. The quantitative estimate of drug-likeness (QED) is 0.292. The molecule has 1 heterocycles. The lowest BCUT2D eigenvalue weighted by Crippen LogP contribution is -2.34. The first-order valence-corrected chi connectivity index (χ1v) is 7.31. The summed E-state index contributed by atoms with van der Waals surface area (Å²) < 4.78 is 0. The van der Waals surface area contributed by atoms with Gasteiger partial charge in [0.15, 0.2) is 5.84 Å². The second-order valence-corrected chi connectivity index (χ2v) is 5.57. The normalized spacial score (nSPS) is 17.8. The van der Waals surface area contributed by atoms with Crippen LogP contribution >= 0.6 is 0 Å². The number of aromatic nitrogens is 1. The Morgan fingerprint density at radius 1 is 1.35 bits per heavy atom. The summed E-state index contributed by atoms with van der Waals surface area (Å²) in [7, 11) is 2.06. The van der Waals surface area contributed by atoms with Gasteiger partial charge in [-0.25, -0.2) is 4.98 Å². The average Bonchev–Trinajstić information content (AvgIpc) is 2.74. The van der Waals surface area contributed by atoms with Crippen molar-refractivity contribution in [3.63, 3.8) is 0 Å². The molecule has 0 aliphatic heterocycles. The van der Waals surface area contributed by atoms with Crippen molar-refractivity contribution in [2.45, 2.75) is 51.5 Å². The third-order valence-electron chi connectivity index (χ3n) is 4.21. The van der Waals surface area contributed by atoms with Crippen molar-refractivity contribution in [3.8, 4) is 0 Å². The molecule has 1 aliphatic carbocycles. The maximum atomic E-state index is 8.99. The number of pyridine rings is 1. The van der Waals surface area contributed by atoms with Gasteiger partial charge in [-0.1, -0.05) is 30.8 Å². The number of rotatable bonds is 3. The Kier molecular flexibility index (Phi) is 4.82. The molecule has 2 rings (SSSR count). The van der Waals surface area contributed by atoms with E-state index < -0.39 is 0 Å². The smallest absolute Gasteiger partial charge is 0.174 e. The summed E-state index contributed by atoms with van der Waals surface area (Å²) in [5, 5.41) is 12.1. The van der Waals surface area contributed by atoms with Gasteiger partial charge in [-0.3, -0.25) is 0 Å². The molecule has 3 N–H and O–H groups in total. The van der Waals surface area contributed by atoms with E-state index in [9.17, 15) is 0 Å². The predicted molar refractivity (Wildman–Crippen MR) is 81.4 cm³/mol. The van der Waals surface area contributed by atoms with Crippen molar-refractivity contribution in [2.24, 2.45) is 10.9 Å². The van der Waals surface area contributed by atoms with Crippen LogP contribution in [0, 0.1) is 6.92 Å². The van der Waals surface area contributed by atoms with Crippen LogP contribution < -0.4 is 10.6 Å². The Hall–Kier alpha value is -1.78. The summed E-state index contributed by atoms with van der Waals surface area (Å²) in [6.45, 7) is 1.96. The molecule has 0 amide bonds. The monoisotopic (exact) mass is 276 g/mol. The van der Waals surface area contributed by atoms with E-state index in [0.29, 0.717) is 6.04 Å². The lowest BCUT2D eigenvalue weighted by atomic mass is 10.0. The Bertz CT molecular complexity index is 479. The van der Waals surface area contributed by atoms with Crippen molar-refractivity contribution < 1.29 is 5.21 Å². The van der Waals surface area contributed by atoms with E-state index in [1.165, 1.54) is 38.5 Å². The van der Waals surface area contributed by atoms with Crippen molar-refractivity contribution in [1.82, 2.24) is 4.98 Å². The Labute approximate surface area is 120 Å². The number of oxime groups is 1. The van der Waals surface area contributed by atoms with Gasteiger partial charge < -0.3 is 15.8 Å². The first kappa shape index (κ1) is 14.6. The van der Waals surface area contributed by atoms with Crippen LogP contribution in [-0.2, 0) is 0 Å². The molecule has 0 aromatic carbocycles. The molecule has 0 atom stereocenters. The Morgan fingerprint density at radius 2 is 2.00 bits per heavy atom. The molecule has 110 valence electrons.